The molecule has 0 radical (unpaired) electrons. The molecule has 7 nitrogen and oxygen atoms in total. The fourth-order valence-corrected chi connectivity index (χ4v) is 4.39. The third kappa shape index (κ3) is 4.45. The van der Waals surface area contributed by atoms with E-state index >= 15 is 0 Å². The van der Waals surface area contributed by atoms with Crippen LogP contribution in [-0.4, -0.2) is 44.0 Å². The van der Waals surface area contributed by atoms with Crippen molar-refractivity contribution in [1.82, 2.24) is 19.9 Å². The van der Waals surface area contributed by atoms with Crippen molar-refractivity contribution in [1.29, 1.82) is 0 Å². The van der Waals surface area contributed by atoms with Crippen LogP contribution < -0.4 is 4.74 Å². The number of carbonyl (C=O) groups is 1. The maximum atomic E-state index is 11.6. The minimum Gasteiger partial charge on any atom is -0.439 e. The number of aromatic amines is 1. The lowest BCUT2D eigenvalue weighted by molar-refractivity contribution is -0.129. The van der Waals surface area contributed by atoms with Crippen molar-refractivity contribution in [2.75, 3.05) is 13.1 Å². The summed E-state index contributed by atoms with van der Waals surface area (Å²) in [6, 6.07) is 19.0. The van der Waals surface area contributed by atoms with Crippen LogP contribution in [0.5, 0.6) is 11.6 Å². The molecule has 0 unspecified atom stereocenters. The second kappa shape index (κ2) is 9.03. The number of benzene rings is 2. The summed E-state index contributed by atoms with van der Waals surface area (Å²) in [5.41, 5.74) is 3.50. The van der Waals surface area contributed by atoms with Crippen LogP contribution in [0, 0.1) is 0 Å². The summed E-state index contributed by atoms with van der Waals surface area (Å²) in [4.78, 5) is 25.6. The first-order valence-electron chi connectivity index (χ1n) is 11.2. The van der Waals surface area contributed by atoms with E-state index in [1.54, 1.807) is 13.1 Å². The van der Waals surface area contributed by atoms with Gasteiger partial charge in [-0.1, -0.05) is 30.3 Å². The van der Waals surface area contributed by atoms with Crippen LogP contribution in [0.4, 0.5) is 0 Å². The highest BCUT2D eigenvalue weighted by atomic mass is 16.5. The van der Waals surface area contributed by atoms with Crippen LogP contribution in [0.1, 0.15) is 48.7 Å². The molecular formula is C26H26N4O3. The molecule has 0 saturated carbocycles. The first-order chi connectivity index (χ1) is 16.1. The lowest BCUT2D eigenvalue weighted by Gasteiger charge is -2.31. The van der Waals surface area contributed by atoms with Gasteiger partial charge in [-0.2, -0.15) is 0 Å². The van der Waals surface area contributed by atoms with Crippen molar-refractivity contribution >= 4 is 16.9 Å². The van der Waals surface area contributed by atoms with Gasteiger partial charge in [0.1, 0.15) is 17.7 Å². The predicted molar refractivity (Wildman–Crippen MR) is 125 cm³/mol. The number of piperidine rings is 1. The number of rotatable bonds is 5. The number of carbonyl (C=O) groups excluding carboxylic acids is 1. The molecule has 2 aromatic carbocycles. The second-order valence-corrected chi connectivity index (χ2v) is 8.39. The number of aliphatic hydroxyl groups excluding tert-OH is 1. The van der Waals surface area contributed by atoms with Gasteiger partial charge in [0.2, 0.25) is 11.8 Å². The number of aliphatic hydroxyl groups is 1. The molecular weight excluding hydrogens is 416 g/mol. The van der Waals surface area contributed by atoms with Gasteiger partial charge in [-0.05, 0) is 54.7 Å². The number of likely N-dealkylation sites (tertiary alicyclic amines) is 1. The van der Waals surface area contributed by atoms with Crippen molar-refractivity contribution in [3.05, 3.63) is 83.8 Å². The van der Waals surface area contributed by atoms with Crippen molar-refractivity contribution in [3.63, 3.8) is 0 Å². The lowest BCUT2D eigenvalue weighted by atomic mass is 9.90. The Morgan fingerprint density at radius 1 is 1.09 bits per heavy atom. The molecule has 1 aliphatic heterocycles. The molecule has 2 N–H and O–H groups in total. The highest BCUT2D eigenvalue weighted by Crippen LogP contribution is 2.35. The lowest BCUT2D eigenvalue weighted by Crippen LogP contribution is -2.36. The van der Waals surface area contributed by atoms with E-state index in [1.165, 1.54) is 0 Å². The average molecular weight is 443 g/mol. The van der Waals surface area contributed by atoms with Gasteiger partial charge in [-0.15, -0.1) is 0 Å². The highest BCUT2D eigenvalue weighted by Gasteiger charge is 2.25. The number of fused-ring (bicyclic) bond motifs is 1. The Labute approximate surface area is 192 Å². The van der Waals surface area contributed by atoms with E-state index in [4.69, 9.17) is 4.74 Å². The smallest absolute Gasteiger partial charge is 0.222 e. The maximum absolute atomic E-state index is 11.6. The van der Waals surface area contributed by atoms with Gasteiger partial charge in [0.15, 0.2) is 0 Å². The Bertz CT molecular complexity index is 1230. The van der Waals surface area contributed by atoms with Gasteiger partial charge in [0.25, 0.3) is 0 Å². The molecule has 1 saturated heterocycles. The van der Waals surface area contributed by atoms with Gasteiger partial charge < -0.3 is 19.7 Å². The van der Waals surface area contributed by atoms with E-state index in [-0.39, 0.29) is 5.91 Å². The number of nitrogens with one attached hydrogen (secondary N) is 1. The van der Waals surface area contributed by atoms with E-state index in [2.05, 4.69) is 21.0 Å². The molecule has 0 spiro atoms. The Hall–Kier alpha value is -3.71. The van der Waals surface area contributed by atoms with E-state index in [0.717, 1.165) is 48.1 Å². The highest BCUT2D eigenvalue weighted by molar-refractivity contribution is 5.75. The number of nitrogens with zero attached hydrogens (tertiary/aromatic N) is 3. The van der Waals surface area contributed by atoms with E-state index in [9.17, 15) is 9.90 Å². The van der Waals surface area contributed by atoms with Gasteiger partial charge in [0.05, 0.1) is 11.0 Å². The minimum absolute atomic E-state index is 0.126. The Morgan fingerprint density at radius 3 is 2.58 bits per heavy atom. The molecule has 1 fully saturated rings. The standard InChI is InChI=1S/C26H26N4O3/c1-17(31)30-15-12-18(13-16-30)21-5-4-14-27-26(21)33-20-10-8-19(9-11-20)24(32)25-28-22-6-2-3-7-23(22)29-25/h2-11,14,18,24,32H,12-13,15-16H2,1H3,(H,28,29)/t24-/m0/s1. The minimum atomic E-state index is -0.858. The topological polar surface area (TPSA) is 91.3 Å². The van der Waals surface area contributed by atoms with Gasteiger partial charge in [-0.25, -0.2) is 9.97 Å². The Morgan fingerprint density at radius 2 is 1.85 bits per heavy atom. The summed E-state index contributed by atoms with van der Waals surface area (Å²) in [5.74, 6) is 2.18. The summed E-state index contributed by atoms with van der Waals surface area (Å²) in [6.45, 7) is 3.12. The number of para-hydroxylation sites is 2. The number of pyridine rings is 1. The van der Waals surface area contributed by atoms with Crippen LogP contribution in [0.25, 0.3) is 11.0 Å². The molecule has 168 valence electrons. The van der Waals surface area contributed by atoms with Crippen LogP contribution in [0.2, 0.25) is 0 Å². The molecule has 1 aliphatic rings. The number of aromatic nitrogens is 3. The number of ether oxygens (including phenoxy) is 1. The normalized spacial score (nSPS) is 15.5. The Balaban J connectivity index is 1.30. The molecule has 7 heteroatoms. The second-order valence-electron chi connectivity index (χ2n) is 8.39. The molecule has 1 atom stereocenters. The zero-order valence-electron chi connectivity index (χ0n) is 18.4. The number of H-pyrrole nitrogens is 1. The van der Waals surface area contributed by atoms with Crippen LogP contribution in [0.3, 0.4) is 0 Å². The van der Waals surface area contributed by atoms with Crippen molar-refractivity contribution in [3.8, 4) is 11.6 Å². The quantitative estimate of drug-likeness (QED) is 0.473. The molecule has 5 rings (SSSR count). The molecule has 0 aliphatic carbocycles. The maximum Gasteiger partial charge on any atom is 0.222 e. The SMILES string of the molecule is CC(=O)N1CCC(c2cccnc2Oc2ccc([C@H](O)c3nc4ccccc4[nH]3)cc2)CC1. The van der Waals surface area contributed by atoms with Gasteiger partial charge in [0, 0.05) is 31.8 Å². The zero-order chi connectivity index (χ0) is 22.8. The predicted octanol–water partition coefficient (Wildman–Crippen LogP) is 4.56. The van der Waals surface area contributed by atoms with E-state index in [1.807, 2.05) is 59.5 Å². The van der Waals surface area contributed by atoms with Crippen LogP contribution in [0.15, 0.2) is 66.9 Å². The fourth-order valence-electron chi connectivity index (χ4n) is 4.39. The van der Waals surface area contributed by atoms with E-state index < -0.39 is 6.10 Å². The number of imidazole rings is 1. The summed E-state index contributed by atoms with van der Waals surface area (Å²) in [5, 5.41) is 10.8. The molecule has 1 amide bonds. The number of amides is 1. The fraction of sp³-hybridized carbons (Fsp3) is 0.269. The van der Waals surface area contributed by atoms with Crippen molar-refractivity contribution < 1.29 is 14.6 Å². The average Bonchev–Trinajstić information content (AvgIpc) is 3.29. The number of hydrogen-bond acceptors (Lipinski definition) is 5. The molecule has 0 bridgehead atoms. The number of hydrogen-bond donors (Lipinski definition) is 2. The molecule has 2 aromatic heterocycles. The van der Waals surface area contributed by atoms with Gasteiger partial charge in [-0.3, -0.25) is 4.79 Å². The third-order valence-corrected chi connectivity index (χ3v) is 6.26. The Kier molecular flexibility index (Phi) is 5.79. The van der Waals surface area contributed by atoms with E-state index in [0.29, 0.717) is 23.4 Å². The summed E-state index contributed by atoms with van der Waals surface area (Å²) < 4.78 is 6.13. The van der Waals surface area contributed by atoms with Crippen molar-refractivity contribution in [2.45, 2.75) is 31.8 Å². The molecule has 33 heavy (non-hydrogen) atoms. The molecule has 3 heterocycles. The largest absolute Gasteiger partial charge is 0.439 e. The summed E-state index contributed by atoms with van der Waals surface area (Å²) in [6.07, 6.45) is 2.65. The van der Waals surface area contributed by atoms with Crippen LogP contribution >= 0.6 is 0 Å². The summed E-state index contributed by atoms with van der Waals surface area (Å²) >= 11 is 0. The van der Waals surface area contributed by atoms with Crippen LogP contribution in [-0.2, 0) is 4.79 Å². The molecule has 4 aromatic rings. The first kappa shape index (κ1) is 21.2. The first-order valence-corrected chi connectivity index (χ1v) is 11.2. The van der Waals surface area contributed by atoms with Crippen molar-refractivity contribution in [2.24, 2.45) is 0 Å². The zero-order valence-corrected chi connectivity index (χ0v) is 18.4. The summed E-state index contributed by atoms with van der Waals surface area (Å²) in [7, 11) is 0. The monoisotopic (exact) mass is 442 g/mol. The van der Waals surface area contributed by atoms with Gasteiger partial charge >= 0.3 is 0 Å². The third-order valence-electron chi connectivity index (χ3n) is 6.26.